The normalized spacial score (nSPS) is 14.6. The van der Waals surface area contributed by atoms with Gasteiger partial charge in [-0.1, -0.05) is 79.5 Å². The van der Waals surface area contributed by atoms with Crippen LogP contribution in [0.2, 0.25) is 10.0 Å². The summed E-state index contributed by atoms with van der Waals surface area (Å²) in [5.41, 5.74) is 3.76. The Hall–Kier alpha value is -2.93. The minimum absolute atomic E-state index is 0.154. The molecule has 0 saturated carbocycles. The summed E-state index contributed by atoms with van der Waals surface area (Å²) in [7, 11) is 0. The number of hydrogen-bond acceptors (Lipinski definition) is 5. The van der Waals surface area contributed by atoms with E-state index in [0.29, 0.717) is 38.8 Å². The first-order valence-corrected chi connectivity index (χ1v) is 13.4. The van der Waals surface area contributed by atoms with Gasteiger partial charge in [-0.25, -0.2) is 0 Å². The SMILES string of the molecule is Cc1ccc(C(C)C)c(OCCN2C(=O)S/C(=C\c3cc(Cl)c(OCc4ccccc4)c(Cl)c3)C2=O)c1. The maximum Gasteiger partial charge on any atom is 0.293 e. The maximum absolute atomic E-state index is 13.0. The molecule has 5 nitrogen and oxygen atoms in total. The van der Waals surface area contributed by atoms with Crippen LogP contribution in [0, 0.1) is 6.92 Å². The van der Waals surface area contributed by atoms with Gasteiger partial charge >= 0.3 is 0 Å². The number of rotatable bonds is 9. The summed E-state index contributed by atoms with van der Waals surface area (Å²) >= 11 is 13.7. The number of amides is 2. The molecule has 0 bridgehead atoms. The number of carbonyl (C=O) groups excluding carboxylic acids is 2. The second-order valence-corrected chi connectivity index (χ2v) is 10.8. The van der Waals surface area contributed by atoms with Crippen LogP contribution in [-0.4, -0.2) is 29.2 Å². The van der Waals surface area contributed by atoms with Gasteiger partial charge in [0.2, 0.25) is 0 Å². The molecule has 0 spiro atoms. The quantitative estimate of drug-likeness (QED) is 0.249. The zero-order valence-electron chi connectivity index (χ0n) is 20.8. The Kier molecular flexibility index (Phi) is 8.85. The van der Waals surface area contributed by atoms with Gasteiger partial charge in [-0.05, 0) is 71.1 Å². The molecule has 1 saturated heterocycles. The van der Waals surface area contributed by atoms with E-state index in [1.807, 2.05) is 55.5 Å². The van der Waals surface area contributed by atoms with Crippen LogP contribution in [0.15, 0.2) is 65.6 Å². The lowest BCUT2D eigenvalue weighted by Crippen LogP contribution is -2.32. The molecule has 0 aliphatic carbocycles. The van der Waals surface area contributed by atoms with E-state index in [9.17, 15) is 9.59 Å². The summed E-state index contributed by atoms with van der Waals surface area (Å²) in [6, 6.07) is 19.1. The van der Waals surface area contributed by atoms with Crippen molar-refractivity contribution in [3.05, 3.63) is 97.9 Å². The summed E-state index contributed by atoms with van der Waals surface area (Å²) in [5, 5.41) is 0.302. The van der Waals surface area contributed by atoms with Crippen molar-refractivity contribution >= 4 is 52.2 Å². The lowest BCUT2D eigenvalue weighted by Gasteiger charge is -2.17. The lowest BCUT2D eigenvalue weighted by molar-refractivity contribution is -0.123. The van der Waals surface area contributed by atoms with Gasteiger partial charge < -0.3 is 9.47 Å². The fourth-order valence-electron chi connectivity index (χ4n) is 3.87. The molecule has 0 N–H and O–H groups in total. The van der Waals surface area contributed by atoms with Crippen LogP contribution < -0.4 is 9.47 Å². The van der Waals surface area contributed by atoms with Crippen molar-refractivity contribution in [2.24, 2.45) is 0 Å². The van der Waals surface area contributed by atoms with Crippen molar-refractivity contribution in [3.63, 3.8) is 0 Å². The smallest absolute Gasteiger partial charge is 0.293 e. The predicted octanol–water partition coefficient (Wildman–Crippen LogP) is 8.12. The van der Waals surface area contributed by atoms with Crippen LogP contribution in [0.5, 0.6) is 11.5 Å². The summed E-state index contributed by atoms with van der Waals surface area (Å²) in [4.78, 5) is 27.0. The van der Waals surface area contributed by atoms with Crippen LogP contribution in [0.1, 0.15) is 42.0 Å². The average Bonchev–Trinajstić information content (AvgIpc) is 3.11. The topological polar surface area (TPSA) is 55.8 Å². The first kappa shape index (κ1) is 27.1. The number of ether oxygens (including phenoxy) is 2. The monoisotopic (exact) mass is 555 g/mol. The first-order chi connectivity index (χ1) is 17.7. The Morgan fingerprint density at radius 2 is 1.68 bits per heavy atom. The van der Waals surface area contributed by atoms with Gasteiger partial charge in [0.1, 0.15) is 19.0 Å². The molecule has 1 aliphatic heterocycles. The van der Waals surface area contributed by atoms with Crippen molar-refractivity contribution in [2.75, 3.05) is 13.2 Å². The van der Waals surface area contributed by atoms with Crippen molar-refractivity contribution in [2.45, 2.75) is 33.3 Å². The number of benzene rings is 3. The van der Waals surface area contributed by atoms with E-state index in [1.54, 1.807) is 18.2 Å². The van der Waals surface area contributed by atoms with E-state index >= 15 is 0 Å². The summed E-state index contributed by atoms with van der Waals surface area (Å²) in [6.07, 6.45) is 1.61. The summed E-state index contributed by atoms with van der Waals surface area (Å²) in [5.74, 6) is 1.07. The highest BCUT2D eigenvalue weighted by molar-refractivity contribution is 8.18. The molecule has 1 heterocycles. The van der Waals surface area contributed by atoms with Gasteiger partial charge in [0.25, 0.3) is 11.1 Å². The van der Waals surface area contributed by atoms with Crippen LogP contribution in [0.25, 0.3) is 6.08 Å². The Morgan fingerprint density at radius 3 is 2.35 bits per heavy atom. The van der Waals surface area contributed by atoms with Gasteiger partial charge in [0, 0.05) is 0 Å². The van der Waals surface area contributed by atoms with E-state index in [2.05, 4.69) is 13.8 Å². The van der Waals surface area contributed by atoms with Crippen molar-refractivity contribution in [1.29, 1.82) is 0 Å². The number of hydrogen-bond donors (Lipinski definition) is 0. The molecule has 2 amide bonds. The molecular formula is C29H27Cl2NO4S. The Morgan fingerprint density at radius 1 is 0.973 bits per heavy atom. The molecule has 4 rings (SSSR count). The molecule has 3 aromatic rings. The number of thioether (sulfide) groups is 1. The first-order valence-electron chi connectivity index (χ1n) is 11.9. The molecule has 0 aromatic heterocycles. The molecule has 3 aromatic carbocycles. The minimum Gasteiger partial charge on any atom is -0.491 e. The lowest BCUT2D eigenvalue weighted by atomic mass is 10.0. The molecule has 8 heteroatoms. The van der Waals surface area contributed by atoms with E-state index in [0.717, 1.165) is 34.2 Å². The summed E-state index contributed by atoms with van der Waals surface area (Å²) < 4.78 is 11.8. The Labute approximate surface area is 231 Å². The third-order valence-corrected chi connectivity index (χ3v) is 7.25. The predicted molar refractivity (Wildman–Crippen MR) is 151 cm³/mol. The molecule has 0 atom stereocenters. The van der Waals surface area contributed by atoms with Gasteiger partial charge in [-0.15, -0.1) is 0 Å². The fraction of sp³-hybridized carbons (Fsp3) is 0.241. The molecule has 192 valence electrons. The van der Waals surface area contributed by atoms with Gasteiger partial charge in [0.15, 0.2) is 5.75 Å². The molecule has 0 radical (unpaired) electrons. The van der Waals surface area contributed by atoms with Gasteiger partial charge in [-0.2, -0.15) is 0 Å². The number of nitrogens with zero attached hydrogens (tertiary/aromatic N) is 1. The highest BCUT2D eigenvalue weighted by Gasteiger charge is 2.35. The van der Waals surface area contributed by atoms with Gasteiger partial charge in [0.05, 0.1) is 21.5 Å². The standard InChI is InChI=1S/C29H27Cl2NO4S/c1-18(2)22-10-9-19(3)13-25(22)35-12-11-32-28(33)26(37-29(32)34)16-21-14-23(30)27(24(31)15-21)36-17-20-7-5-4-6-8-20/h4-10,13-16,18H,11-12,17H2,1-3H3/b26-16-. The van der Waals surface area contributed by atoms with Crippen molar-refractivity contribution in [3.8, 4) is 11.5 Å². The molecular weight excluding hydrogens is 529 g/mol. The van der Waals surface area contributed by atoms with Gasteiger partial charge in [-0.3, -0.25) is 14.5 Å². The number of imide groups is 1. The second kappa shape index (κ2) is 12.1. The van der Waals surface area contributed by atoms with Crippen LogP contribution in [0.4, 0.5) is 4.79 Å². The van der Waals surface area contributed by atoms with Crippen LogP contribution in [-0.2, 0) is 11.4 Å². The maximum atomic E-state index is 13.0. The number of carbonyl (C=O) groups is 2. The number of halogens is 2. The van der Waals surface area contributed by atoms with Crippen LogP contribution in [0.3, 0.4) is 0 Å². The highest BCUT2D eigenvalue weighted by atomic mass is 35.5. The van der Waals surface area contributed by atoms with E-state index < -0.39 is 0 Å². The highest BCUT2D eigenvalue weighted by Crippen LogP contribution is 2.38. The van der Waals surface area contributed by atoms with E-state index in [1.165, 1.54) is 4.90 Å². The fourth-order valence-corrected chi connectivity index (χ4v) is 5.34. The zero-order valence-corrected chi connectivity index (χ0v) is 23.1. The molecule has 37 heavy (non-hydrogen) atoms. The third kappa shape index (κ3) is 6.69. The van der Waals surface area contributed by atoms with Crippen molar-refractivity contribution < 1.29 is 19.1 Å². The van der Waals surface area contributed by atoms with Crippen LogP contribution >= 0.6 is 35.0 Å². The number of aryl methyl sites for hydroxylation is 1. The summed E-state index contributed by atoms with van der Waals surface area (Å²) in [6.45, 7) is 6.87. The second-order valence-electron chi connectivity index (χ2n) is 8.97. The molecule has 1 aliphatic rings. The zero-order chi connectivity index (χ0) is 26.5. The minimum atomic E-state index is -0.372. The largest absolute Gasteiger partial charge is 0.491 e. The molecule has 1 fully saturated rings. The third-order valence-electron chi connectivity index (χ3n) is 5.78. The molecule has 0 unspecified atom stereocenters. The van der Waals surface area contributed by atoms with Crippen molar-refractivity contribution in [1.82, 2.24) is 4.90 Å². The van der Waals surface area contributed by atoms with E-state index in [-0.39, 0.29) is 24.3 Å². The van der Waals surface area contributed by atoms with E-state index in [4.69, 9.17) is 32.7 Å². The Balaban J connectivity index is 1.41. The average molecular weight is 557 g/mol. The Bertz CT molecular complexity index is 1320.